The molecule has 0 bridgehead atoms. The van der Waals surface area contributed by atoms with Crippen molar-refractivity contribution in [2.45, 2.75) is 13.2 Å². The van der Waals surface area contributed by atoms with Crippen molar-refractivity contribution >= 4 is 13.9 Å². The van der Waals surface area contributed by atoms with Gasteiger partial charge in [0.05, 0.1) is 7.11 Å². The SMILES string of the molecule is C=C(C)[P+](=O)N[C@H](ON=[N+]=[N-])C(=O)OC. The number of carbonyl (C=O) groups is 1. The number of hydrogen-bond donors (Lipinski definition) is 1. The Morgan fingerprint density at radius 3 is 2.73 bits per heavy atom. The molecule has 0 aromatic carbocycles. The number of ether oxygens (including phenoxy) is 1. The summed E-state index contributed by atoms with van der Waals surface area (Å²) in [5.41, 5.74) is 7.98. The second-order valence-corrected chi connectivity index (χ2v) is 3.95. The van der Waals surface area contributed by atoms with Crippen LogP contribution in [0.5, 0.6) is 0 Å². The Balaban J connectivity index is 4.49. The number of nitrogens with one attached hydrogen (secondary N) is 1. The molecule has 0 saturated heterocycles. The zero-order valence-electron chi connectivity index (χ0n) is 8.21. The lowest BCUT2D eigenvalue weighted by atomic mass is 10.6. The van der Waals surface area contributed by atoms with Gasteiger partial charge in [0.15, 0.2) is 5.31 Å². The molecular weight excluding hydrogens is 223 g/mol. The molecule has 0 rings (SSSR count). The van der Waals surface area contributed by atoms with Gasteiger partial charge in [0.25, 0.3) is 6.23 Å². The summed E-state index contributed by atoms with van der Waals surface area (Å²) in [4.78, 5) is 17.7. The highest BCUT2D eigenvalue weighted by Crippen LogP contribution is 2.25. The van der Waals surface area contributed by atoms with E-state index in [-0.39, 0.29) is 0 Å². The van der Waals surface area contributed by atoms with E-state index in [4.69, 9.17) is 5.53 Å². The Morgan fingerprint density at radius 1 is 1.73 bits per heavy atom. The molecule has 0 aliphatic carbocycles. The number of esters is 1. The Labute approximate surface area is 86.7 Å². The number of azide groups is 1. The first-order chi connectivity index (χ1) is 7.02. The van der Waals surface area contributed by atoms with E-state index < -0.39 is 20.1 Å². The van der Waals surface area contributed by atoms with Crippen molar-refractivity contribution in [1.82, 2.24) is 5.09 Å². The van der Waals surface area contributed by atoms with E-state index in [1.165, 1.54) is 6.92 Å². The predicted molar refractivity (Wildman–Crippen MR) is 51.6 cm³/mol. The van der Waals surface area contributed by atoms with Crippen LogP contribution in [-0.4, -0.2) is 19.3 Å². The van der Waals surface area contributed by atoms with E-state index in [0.29, 0.717) is 5.31 Å². The third-order valence-electron chi connectivity index (χ3n) is 1.19. The van der Waals surface area contributed by atoms with Gasteiger partial charge in [-0.25, -0.2) is 4.79 Å². The highest BCUT2D eigenvalue weighted by Gasteiger charge is 2.31. The predicted octanol–water partition coefficient (Wildman–Crippen LogP) is 1.59. The quantitative estimate of drug-likeness (QED) is 0.142. The third-order valence-corrected chi connectivity index (χ3v) is 2.35. The average Bonchev–Trinajstić information content (AvgIpc) is 2.22. The zero-order chi connectivity index (χ0) is 11.8. The smallest absolute Gasteiger partial charge is 0.465 e. The first-order valence-electron chi connectivity index (χ1n) is 3.70. The highest BCUT2D eigenvalue weighted by atomic mass is 31.1. The molecule has 8 nitrogen and oxygen atoms in total. The molecule has 1 unspecified atom stereocenters. The largest absolute Gasteiger partial charge is 0.470 e. The fraction of sp³-hybridized carbons (Fsp3) is 0.500. The first kappa shape index (κ1) is 13.4. The Hall–Kier alpha value is -1.62. The van der Waals surface area contributed by atoms with Gasteiger partial charge in [-0.2, -0.15) is 0 Å². The van der Waals surface area contributed by atoms with E-state index in [9.17, 15) is 9.36 Å². The fourth-order valence-electron chi connectivity index (χ4n) is 0.511. The molecule has 0 amide bonds. The van der Waals surface area contributed by atoms with E-state index in [1.807, 2.05) is 0 Å². The molecule has 0 spiro atoms. The number of rotatable bonds is 6. The van der Waals surface area contributed by atoms with Gasteiger partial charge in [-0.15, -0.1) is 0 Å². The van der Waals surface area contributed by atoms with Crippen LogP contribution in [0.2, 0.25) is 0 Å². The van der Waals surface area contributed by atoms with Crippen LogP contribution < -0.4 is 5.09 Å². The number of nitrogens with zero attached hydrogens (tertiary/aromatic N) is 3. The van der Waals surface area contributed by atoms with Crippen molar-refractivity contribution in [2.24, 2.45) is 5.28 Å². The van der Waals surface area contributed by atoms with Gasteiger partial charge in [0.2, 0.25) is 0 Å². The summed E-state index contributed by atoms with van der Waals surface area (Å²) in [6.45, 7) is 4.92. The van der Waals surface area contributed by atoms with Crippen LogP contribution in [0.3, 0.4) is 0 Å². The van der Waals surface area contributed by atoms with Crippen LogP contribution in [-0.2, 0) is 18.9 Å². The maximum absolute atomic E-state index is 11.3. The molecule has 82 valence electrons. The zero-order valence-corrected chi connectivity index (χ0v) is 9.10. The van der Waals surface area contributed by atoms with Gasteiger partial charge in [-0.3, -0.25) is 0 Å². The lowest BCUT2D eigenvalue weighted by Crippen LogP contribution is -2.34. The monoisotopic (exact) mass is 233 g/mol. The van der Waals surface area contributed by atoms with Gasteiger partial charge in [0, 0.05) is 11.8 Å². The van der Waals surface area contributed by atoms with Gasteiger partial charge >= 0.3 is 13.9 Å². The minimum atomic E-state index is -2.04. The van der Waals surface area contributed by atoms with Crippen molar-refractivity contribution in [3.63, 3.8) is 0 Å². The minimum absolute atomic E-state index is 0.323. The standard InChI is InChI=1S/C6H10N4O4P/c1-4(2)15(12)8-5(6(11)13-3)14-10-9-7/h5H,1H2,2-3H3,(H,8,12)/q+1/t5-/m1/s1. The first-order valence-corrected chi connectivity index (χ1v) is 4.96. The summed E-state index contributed by atoms with van der Waals surface area (Å²) in [5, 5.41) is 5.29. The topological polar surface area (TPSA) is 113 Å². The third kappa shape index (κ3) is 4.97. The van der Waals surface area contributed by atoms with Crippen molar-refractivity contribution in [3.8, 4) is 0 Å². The van der Waals surface area contributed by atoms with Crippen LogP contribution in [0.4, 0.5) is 0 Å². The van der Waals surface area contributed by atoms with Gasteiger partial charge < -0.3 is 9.57 Å². The van der Waals surface area contributed by atoms with Gasteiger partial charge in [-0.1, -0.05) is 5.09 Å². The van der Waals surface area contributed by atoms with Crippen LogP contribution >= 0.6 is 7.95 Å². The molecule has 0 saturated carbocycles. The summed E-state index contributed by atoms with van der Waals surface area (Å²) in [7, 11) is -0.922. The minimum Gasteiger partial charge on any atom is -0.465 e. The lowest BCUT2D eigenvalue weighted by molar-refractivity contribution is -0.155. The summed E-state index contributed by atoms with van der Waals surface area (Å²) in [6, 6.07) is 0. The van der Waals surface area contributed by atoms with Crippen molar-refractivity contribution in [2.75, 3.05) is 7.11 Å². The van der Waals surface area contributed by atoms with Crippen molar-refractivity contribution < 1.29 is 18.9 Å². The molecule has 0 heterocycles. The van der Waals surface area contributed by atoms with Gasteiger partial charge in [-0.05, 0) is 16.7 Å². The Kier molecular flexibility index (Phi) is 6.05. The Morgan fingerprint density at radius 2 is 2.33 bits per heavy atom. The van der Waals surface area contributed by atoms with E-state index in [0.717, 1.165) is 7.11 Å². The molecule has 1 N–H and O–H groups in total. The number of carbonyl (C=O) groups excluding carboxylic acids is 1. The Bertz CT molecular complexity index is 325. The number of hydrogen-bond acceptors (Lipinski definition) is 5. The molecule has 15 heavy (non-hydrogen) atoms. The number of allylic oxidation sites excluding steroid dienone is 1. The molecule has 0 radical (unpaired) electrons. The number of methoxy groups -OCH3 is 1. The molecule has 2 atom stereocenters. The highest BCUT2D eigenvalue weighted by molar-refractivity contribution is 7.47. The average molecular weight is 233 g/mol. The molecule has 0 aromatic rings. The van der Waals surface area contributed by atoms with Gasteiger partial charge in [0.1, 0.15) is 5.28 Å². The van der Waals surface area contributed by atoms with Crippen molar-refractivity contribution in [3.05, 3.63) is 22.3 Å². The molecular formula is C6H10N4O4P+. The van der Waals surface area contributed by atoms with Crippen LogP contribution in [0.15, 0.2) is 17.2 Å². The fourth-order valence-corrected chi connectivity index (χ4v) is 1.10. The van der Waals surface area contributed by atoms with Crippen LogP contribution in [0.1, 0.15) is 6.92 Å². The summed E-state index contributed by atoms with van der Waals surface area (Å²) in [6.07, 6.45) is -1.41. The maximum Gasteiger partial charge on any atom is 0.470 e. The summed E-state index contributed by atoms with van der Waals surface area (Å²) >= 11 is 0. The molecule has 0 aliphatic heterocycles. The van der Waals surface area contributed by atoms with Crippen LogP contribution in [0, 0.1) is 0 Å². The van der Waals surface area contributed by atoms with Crippen molar-refractivity contribution in [1.29, 1.82) is 0 Å². The normalized spacial score (nSPS) is 12.0. The van der Waals surface area contributed by atoms with Crippen LogP contribution in [0.25, 0.3) is 10.4 Å². The lowest BCUT2D eigenvalue weighted by Gasteiger charge is -2.07. The summed E-state index contributed by atoms with van der Waals surface area (Å²) in [5.74, 6) is -0.855. The molecule has 9 heteroatoms. The second kappa shape index (κ2) is 6.78. The second-order valence-electron chi connectivity index (χ2n) is 2.34. The van der Waals surface area contributed by atoms with E-state index in [2.05, 4.69) is 31.4 Å². The summed E-state index contributed by atoms with van der Waals surface area (Å²) < 4.78 is 15.6. The van der Waals surface area contributed by atoms with E-state index >= 15 is 0 Å². The maximum atomic E-state index is 11.3. The molecule has 0 fully saturated rings. The molecule has 0 aliphatic rings. The van der Waals surface area contributed by atoms with E-state index in [1.54, 1.807) is 0 Å². The molecule has 0 aromatic heterocycles.